The molecule has 6 aromatic rings. The van der Waals surface area contributed by atoms with E-state index in [1.165, 1.54) is 34.8 Å². The molecule has 2 aliphatic carbocycles. The van der Waals surface area contributed by atoms with E-state index in [9.17, 15) is 36.7 Å². The second-order valence-electron chi connectivity index (χ2n) is 11.3. The van der Waals surface area contributed by atoms with Gasteiger partial charge in [0.25, 0.3) is 0 Å². The molecule has 0 aliphatic heterocycles. The van der Waals surface area contributed by atoms with Gasteiger partial charge >= 0.3 is 0 Å². The van der Waals surface area contributed by atoms with Gasteiger partial charge in [0.1, 0.15) is 0 Å². The van der Waals surface area contributed by atoms with Crippen molar-refractivity contribution in [3.8, 4) is 0 Å². The fourth-order valence-corrected chi connectivity index (χ4v) is 8.64. The quantitative estimate of drug-likeness (QED) is 0.106. The third-order valence-corrected chi connectivity index (χ3v) is 10.7. The van der Waals surface area contributed by atoms with E-state index < -0.39 is 46.4 Å². The second-order valence-corrected chi connectivity index (χ2v) is 13.5. The molecule has 0 radical (unpaired) electrons. The van der Waals surface area contributed by atoms with Gasteiger partial charge in [-0.2, -0.15) is 0 Å². The van der Waals surface area contributed by atoms with Crippen LogP contribution in [0.2, 0.25) is 0 Å². The molecule has 0 unspecified atom stereocenters. The molecule has 8 rings (SSSR count). The van der Waals surface area contributed by atoms with Crippen LogP contribution in [0.3, 0.4) is 0 Å². The standard InChI is InChI=1S/C36H16F4O4S2/c1-13-3-23-24(35-17(13)5-15(45-35)7-25-31(41)19-9-27(37)28(38)10-20(19)32(25)42)4-14(2)18-6-16(46-36(18)23)8-26-33(43)21-11-29(39)30(40)12-22(21)34(26)44/h3-12H,1-2H3. The van der Waals surface area contributed by atoms with Crippen molar-refractivity contribution in [2.45, 2.75) is 13.8 Å². The lowest BCUT2D eigenvalue weighted by molar-refractivity contribution is 0.0975. The van der Waals surface area contributed by atoms with Crippen molar-refractivity contribution < 1.29 is 36.7 Å². The Bertz CT molecular complexity index is 2300. The molecule has 0 atom stereocenters. The summed E-state index contributed by atoms with van der Waals surface area (Å²) < 4.78 is 57.1. The summed E-state index contributed by atoms with van der Waals surface area (Å²) in [5.74, 6) is -7.42. The second kappa shape index (κ2) is 9.72. The van der Waals surface area contributed by atoms with Gasteiger partial charge in [0, 0.05) is 52.2 Å². The minimum absolute atomic E-state index is 0.161. The maximum Gasteiger partial charge on any atom is 0.197 e. The zero-order chi connectivity index (χ0) is 32.3. The molecule has 0 amide bonds. The lowest BCUT2D eigenvalue weighted by Crippen LogP contribution is -1.99. The molecule has 46 heavy (non-hydrogen) atoms. The summed E-state index contributed by atoms with van der Waals surface area (Å²) in [7, 11) is 0. The molecule has 0 fully saturated rings. The van der Waals surface area contributed by atoms with Gasteiger partial charge < -0.3 is 0 Å². The average Bonchev–Trinajstić information content (AvgIpc) is 3.75. The van der Waals surface area contributed by atoms with Gasteiger partial charge in [0.2, 0.25) is 0 Å². The van der Waals surface area contributed by atoms with E-state index in [4.69, 9.17) is 0 Å². The summed E-state index contributed by atoms with van der Waals surface area (Å²) in [4.78, 5) is 53.1. The van der Waals surface area contributed by atoms with Crippen LogP contribution in [0, 0.1) is 37.1 Å². The summed E-state index contributed by atoms with van der Waals surface area (Å²) >= 11 is 2.75. The Kier molecular flexibility index (Phi) is 6.00. The van der Waals surface area contributed by atoms with Gasteiger partial charge in [-0.1, -0.05) is 0 Å². The normalized spacial score (nSPS) is 14.4. The van der Waals surface area contributed by atoms with E-state index in [1.807, 2.05) is 38.1 Å². The topological polar surface area (TPSA) is 68.3 Å². The molecule has 0 spiro atoms. The third kappa shape index (κ3) is 3.96. The Morgan fingerprint density at radius 1 is 0.457 bits per heavy atom. The van der Waals surface area contributed by atoms with E-state index in [2.05, 4.69) is 0 Å². The number of Topliss-reactive ketones (excluding diaryl/α,β-unsaturated/α-hetero) is 4. The van der Waals surface area contributed by atoms with Crippen LogP contribution in [0.15, 0.2) is 59.7 Å². The Morgan fingerprint density at radius 2 is 0.761 bits per heavy atom. The number of rotatable bonds is 2. The Balaban J connectivity index is 1.24. The molecule has 2 heterocycles. The zero-order valence-electron chi connectivity index (χ0n) is 23.7. The fourth-order valence-electron chi connectivity index (χ4n) is 6.25. The monoisotopic (exact) mass is 652 g/mol. The first-order chi connectivity index (χ1) is 21.9. The number of aryl methyl sites for hydroxylation is 2. The van der Waals surface area contributed by atoms with Crippen molar-refractivity contribution >= 4 is 88.9 Å². The third-order valence-electron chi connectivity index (χ3n) is 8.50. The van der Waals surface area contributed by atoms with Crippen LogP contribution in [0.5, 0.6) is 0 Å². The van der Waals surface area contributed by atoms with Crippen molar-refractivity contribution in [2.24, 2.45) is 0 Å². The Hall–Kier alpha value is -5.06. The van der Waals surface area contributed by atoms with Crippen molar-refractivity contribution in [1.82, 2.24) is 0 Å². The molecule has 4 nitrogen and oxygen atoms in total. The van der Waals surface area contributed by atoms with Crippen LogP contribution in [0.4, 0.5) is 17.6 Å². The minimum atomic E-state index is -1.20. The van der Waals surface area contributed by atoms with Crippen molar-refractivity contribution in [3.05, 3.63) is 126 Å². The van der Waals surface area contributed by atoms with E-state index in [-0.39, 0.29) is 33.4 Å². The average molecular weight is 653 g/mol. The molecular weight excluding hydrogens is 637 g/mol. The number of carbonyl (C=O) groups excluding carboxylic acids is 4. The van der Waals surface area contributed by atoms with Gasteiger partial charge in [0.05, 0.1) is 11.1 Å². The number of allylic oxidation sites excluding steroid dienone is 2. The van der Waals surface area contributed by atoms with Crippen LogP contribution < -0.4 is 0 Å². The summed E-state index contributed by atoms with van der Waals surface area (Å²) in [6.45, 7) is 3.87. The molecule has 2 aliphatic rings. The first-order valence-corrected chi connectivity index (χ1v) is 15.5. The molecule has 0 N–H and O–H groups in total. The minimum Gasteiger partial charge on any atom is -0.288 e. The summed E-state index contributed by atoms with van der Waals surface area (Å²) in [6.07, 6.45) is 2.92. The number of halogens is 4. The number of hydrogen-bond donors (Lipinski definition) is 0. The molecule has 224 valence electrons. The smallest absolute Gasteiger partial charge is 0.197 e. The highest BCUT2D eigenvalue weighted by Gasteiger charge is 2.36. The number of benzene rings is 4. The first kappa shape index (κ1) is 28.4. The van der Waals surface area contributed by atoms with Gasteiger partial charge in [-0.3, -0.25) is 19.2 Å². The molecular formula is C36H16F4O4S2. The van der Waals surface area contributed by atoms with Gasteiger partial charge in [-0.05, 0) is 96.4 Å². The molecule has 10 heteroatoms. The summed E-state index contributed by atoms with van der Waals surface area (Å²) in [5.41, 5.74) is 0.885. The predicted molar refractivity (Wildman–Crippen MR) is 170 cm³/mol. The first-order valence-electron chi connectivity index (χ1n) is 13.9. The molecule has 0 bridgehead atoms. The lowest BCUT2D eigenvalue weighted by Gasteiger charge is -2.07. The number of ketones is 4. The highest BCUT2D eigenvalue weighted by molar-refractivity contribution is 7.22. The van der Waals surface area contributed by atoms with Gasteiger partial charge in [0.15, 0.2) is 46.4 Å². The molecule has 0 saturated carbocycles. The largest absolute Gasteiger partial charge is 0.288 e. The van der Waals surface area contributed by atoms with Crippen molar-refractivity contribution in [3.63, 3.8) is 0 Å². The Morgan fingerprint density at radius 3 is 1.07 bits per heavy atom. The lowest BCUT2D eigenvalue weighted by atomic mass is 9.99. The fraction of sp³-hybridized carbons (Fsp3) is 0.0556. The maximum absolute atomic E-state index is 13.8. The number of carbonyl (C=O) groups is 4. The van der Waals surface area contributed by atoms with Gasteiger partial charge in [-0.15, -0.1) is 22.7 Å². The van der Waals surface area contributed by atoms with E-state index in [0.29, 0.717) is 9.75 Å². The number of fused-ring (bicyclic) bond motifs is 7. The van der Waals surface area contributed by atoms with E-state index in [1.54, 1.807) is 0 Å². The highest BCUT2D eigenvalue weighted by atomic mass is 32.1. The molecule has 2 aromatic heterocycles. The van der Waals surface area contributed by atoms with Crippen LogP contribution >= 0.6 is 22.7 Å². The van der Waals surface area contributed by atoms with E-state index in [0.717, 1.165) is 66.3 Å². The number of thiophene rings is 2. The highest BCUT2D eigenvalue weighted by Crippen LogP contribution is 2.43. The zero-order valence-corrected chi connectivity index (χ0v) is 25.4. The van der Waals surface area contributed by atoms with Crippen molar-refractivity contribution in [1.29, 1.82) is 0 Å². The van der Waals surface area contributed by atoms with Crippen LogP contribution in [-0.4, -0.2) is 23.1 Å². The summed E-state index contributed by atoms with van der Waals surface area (Å²) in [6, 6.07) is 10.8. The predicted octanol–water partition coefficient (Wildman–Crippen LogP) is 9.37. The Labute approximate surface area is 264 Å². The van der Waals surface area contributed by atoms with Crippen LogP contribution in [-0.2, 0) is 0 Å². The maximum atomic E-state index is 13.8. The van der Waals surface area contributed by atoms with Crippen molar-refractivity contribution in [2.75, 3.05) is 0 Å². The molecule has 4 aromatic carbocycles. The number of hydrogen-bond acceptors (Lipinski definition) is 6. The van der Waals surface area contributed by atoms with Crippen LogP contribution in [0.1, 0.15) is 62.3 Å². The summed E-state index contributed by atoms with van der Waals surface area (Å²) in [5, 5.41) is 3.66. The molecule has 0 saturated heterocycles. The van der Waals surface area contributed by atoms with Crippen LogP contribution in [0.25, 0.3) is 43.1 Å². The SMILES string of the molecule is Cc1cc2c(cc(C)c3cc(C=C4C(=O)c5cc(F)c(F)cc5C4=O)sc32)c2sc(C=C3C(=O)c4cc(F)c(F)cc4C3=O)cc12. The van der Waals surface area contributed by atoms with Gasteiger partial charge in [-0.25, -0.2) is 17.6 Å². The van der Waals surface area contributed by atoms with E-state index >= 15 is 0 Å².